The molecule has 0 amide bonds. The van der Waals surface area contributed by atoms with Crippen LogP contribution in [-0.4, -0.2) is 36.8 Å². The van der Waals surface area contributed by atoms with Crippen molar-refractivity contribution >= 4 is 29.2 Å². The maximum atomic E-state index is 13.9. The van der Waals surface area contributed by atoms with E-state index in [1.54, 1.807) is 0 Å². The number of anilines is 2. The molecule has 2 aromatic heterocycles. The van der Waals surface area contributed by atoms with Crippen LogP contribution in [-0.2, 0) is 17.9 Å². The Morgan fingerprint density at radius 2 is 1.77 bits per heavy atom. The van der Waals surface area contributed by atoms with Crippen LogP contribution in [0.3, 0.4) is 0 Å². The number of ether oxygens (including phenoxy) is 1. The number of carbonyl (C=O) groups is 1. The lowest BCUT2D eigenvalue weighted by Crippen LogP contribution is -2.43. The monoisotopic (exact) mass is 563 g/mol. The first-order valence-corrected chi connectivity index (χ1v) is 11.3. The van der Waals surface area contributed by atoms with Crippen molar-refractivity contribution in [2.24, 2.45) is 0 Å². The molecule has 15 heteroatoms. The number of aliphatic carboxylic acids is 1. The van der Waals surface area contributed by atoms with Gasteiger partial charge in [0.05, 0.1) is 23.8 Å². The third kappa shape index (κ3) is 6.18. The number of nitrogens with one attached hydrogen (secondary N) is 2. The molecule has 0 atom stereocenters. The third-order valence-corrected chi connectivity index (χ3v) is 5.62. The van der Waals surface area contributed by atoms with E-state index < -0.39 is 66.0 Å². The number of aromatic amines is 1. The highest BCUT2D eigenvalue weighted by atomic mass is 35.5. The molecule has 0 aliphatic rings. The molecule has 0 aliphatic carbocycles. The van der Waals surface area contributed by atoms with Gasteiger partial charge in [0, 0.05) is 17.8 Å². The van der Waals surface area contributed by atoms with Crippen molar-refractivity contribution in [2.75, 3.05) is 11.9 Å². The summed E-state index contributed by atoms with van der Waals surface area (Å²) < 4.78 is 47.8. The Labute approximate surface area is 220 Å². The fraction of sp³-hybridized carbons (Fsp3) is 0.125. The van der Waals surface area contributed by atoms with Gasteiger partial charge in [0.2, 0.25) is 5.95 Å². The molecule has 0 fully saturated rings. The molecule has 0 radical (unpaired) electrons. The van der Waals surface area contributed by atoms with Crippen LogP contribution in [0.5, 0.6) is 5.75 Å². The van der Waals surface area contributed by atoms with Gasteiger partial charge in [-0.25, -0.2) is 32.1 Å². The van der Waals surface area contributed by atoms with Gasteiger partial charge >= 0.3 is 17.3 Å². The quantitative estimate of drug-likeness (QED) is 0.263. The SMILES string of the molecule is O=C(O)COc1ccc(Nc2nc(=O)n(Cc3ccc[nH]c3=O)c(=O)n2Cc2cc(F)c(F)c(F)c2)c(Cl)c1. The minimum Gasteiger partial charge on any atom is -0.482 e. The van der Waals surface area contributed by atoms with E-state index in [-0.39, 0.29) is 27.6 Å². The second-order valence-electron chi connectivity index (χ2n) is 8.02. The van der Waals surface area contributed by atoms with Crippen molar-refractivity contribution in [3.8, 4) is 5.75 Å². The highest BCUT2D eigenvalue weighted by Gasteiger charge is 2.18. The lowest BCUT2D eigenvalue weighted by Gasteiger charge is -2.17. The summed E-state index contributed by atoms with van der Waals surface area (Å²) in [7, 11) is 0. The molecule has 3 N–H and O–H groups in total. The molecule has 0 saturated carbocycles. The summed E-state index contributed by atoms with van der Waals surface area (Å²) in [6.45, 7) is -1.66. The summed E-state index contributed by atoms with van der Waals surface area (Å²) in [5, 5.41) is 11.4. The number of halogens is 4. The number of carboxylic acids is 1. The van der Waals surface area contributed by atoms with Crippen molar-refractivity contribution < 1.29 is 27.8 Å². The van der Waals surface area contributed by atoms with Crippen LogP contribution in [0.2, 0.25) is 5.02 Å². The van der Waals surface area contributed by atoms with Gasteiger partial charge in [-0.3, -0.25) is 9.36 Å². The van der Waals surface area contributed by atoms with Crippen molar-refractivity contribution in [2.45, 2.75) is 13.1 Å². The molecule has 4 rings (SSSR count). The standard InChI is InChI=1S/C24H17ClF3N5O6/c25-15-8-14(39-11-19(34)35)3-4-18(15)30-22-31-23(37)33(10-13-2-1-5-29-21(13)36)24(38)32(22)9-12-6-16(26)20(28)17(27)7-12/h1-8H,9-11H2,(H,29,36)(H,34,35)(H,30,31,37). The second-order valence-corrected chi connectivity index (χ2v) is 8.43. The number of benzene rings is 2. The Bertz CT molecular complexity index is 1730. The van der Waals surface area contributed by atoms with E-state index in [1.807, 2.05) is 0 Å². The molecule has 0 aliphatic heterocycles. The molecule has 0 saturated heterocycles. The van der Waals surface area contributed by atoms with Gasteiger partial charge in [0.25, 0.3) is 5.56 Å². The average Bonchev–Trinajstić information content (AvgIpc) is 2.88. The third-order valence-electron chi connectivity index (χ3n) is 5.31. The highest BCUT2D eigenvalue weighted by Crippen LogP contribution is 2.29. The summed E-state index contributed by atoms with van der Waals surface area (Å²) in [6, 6.07) is 8.19. The first kappa shape index (κ1) is 27.2. The van der Waals surface area contributed by atoms with Crippen molar-refractivity contribution in [3.63, 3.8) is 0 Å². The zero-order valence-corrected chi connectivity index (χ0v) is 20.3. The molecule has 0 spiro atoms. The number of nitrogens with zero attached hydrogens (tertiary/aromatic N) is 3. The lowest BCUT2D eigenvalue weighted by atomic mass is 10.2. The Balaban J connectivity index is 1.79. The van der Waals surface area contributed by atoms with Crippen molar-refractivity contribution in [1.29, 1.82) is 0 Å². The van der Waals surface area contributed by atoms with Crippen LogP contribution in [0.15, 0.2) is 63.0 Å². The maximum absolute atomic E-state index is 13.9. The van der Waals surface area contributed by atoms with Gasteiger partial charge in [-0.15, -0.1) is 0 Å². The molecule has 4 aromatic rings. The summed E-state index contributed by atoms with van der Waals surface area (Å²) in [5.41, 5.74) is -2.64. The molecule has 202 valence electrons. The molecule has 39 heavy (non-hydrogen) atoms. The molecular weight excluding hydrogens is 547 g/mol. The van der Waals surface area contributed by atoms with E-state index in [0.717, 1.165) is 4.57 Å². The molecule has 0 bridgehead atoms. The Kier molecular flexibility index (Phi) is 7.85. The predicted molar refractivity (Wildman–Crippen MR) is 132 cm³/mol. The number of carboxylic acid groups (broad SMARTS) is 1. The number of H-pyrrole nitrogens is 1. The van der Waals surface area contributed by atoms with Crippen LogP contribution < -0.4 is 27.0 Å². The Hall–Kier alpha value is -4.85. The first-order chi connectivity index (χ1) is 18.5. The normalized spacial score (nSPS) is 10.9. The number of hydrogen-bond donors (Lipinski definition) is 3. The van der Waals surface area contributed by atoms with Crippen LogP contribution in [0.25, 0.3) is 0 Å². The van der Waals surface area contributed by atoms with Crippen molar-refractivity contribution in [3.05, 3.63) is 114 Å². The number of aromatic nitrogens is 4. The van der Waals surface area contributed by atoms with E-state index in [4.69, 9.17) is 21.4 Å². The van der Waals surface area contributed by atoms with Crippen LogP contribution in [0.1, 0.15) is 11.1 Å². The summed E-state index contributed by atoms with van der Waals surface area (Å²) >= 11 is 6.23. The second kappa shape index (κ2) is 11.3. The molecule has 2 heterocycles. The topological polar surface area (TPSA) is 148 Å². The van der Waals surface area contributed by atoms with Crippen LogP contribution >= 0.6 is 11.6 Å². The van der Waals surface area contributed by atoms with E-state index >= 15 is 0 Å². The smallest absolute Gasteiger partial charge is 0.355 e. The Morgan fingerprint density at radius 1 is 1.05 bits per heavy atom. The zero-order valence-electron chi connectivity index (χ0n) is 19.6. The van der Waals surface area contributed by atoms with Gasteiger partial charge in [0.1, 0.15) is 5.75 Å². The highest BCUT2D eigenvalue weighted by molar-refractivity contribution is 6.33. The van der Waals surface area contributed by atoms with Gasteiger partial charge in [-0.1, -0.05) is 17.7 Å². The largest absolute Gasteiger partial charge is 0.482 e. The summed E-state index contributed by atoms with van der Waals surface area (Å²) in [6.07, 6.45) is 1.36. The van der Waals surface area contributed by atoms with E-state index in [9.17, 15) is 32.3 Å². The summed E-state index contributed by atoms with van der Waals surface area (Å²) in [5.74, 6) is -6.19. The van der Waals surface area contributed by atoms with Gasteiger partial charge in [0.15, 0.2) is 24.1 Å². The van der Waals surface area contributed by atoms with Crippen LogP contribution in [0, 0.1) is 17.5 Å². The minimum absolute atomic E-state index is 0.0162. The number of rotatable bonds is 9. The lowest BCUT2D eigenvalue weighted by molar-refractivity contribution is -0.139. The molecule has 2 aromatic carbocycles. The first-order valence-electron chi connectivity index (χ1n) is 11.0. The fourth-order valence-electron chi connectivity index (χ4n) is 3.49. The van der Waals surface area contributed by atoms with E-state index in [2.05, 4.69) is 15.3 Å². The van der Waals surface area contributed by atoms with E-state index in [1.165, 1.54) is 36.5 Å². The molecular formula is C24H17ClF3N5O6. The molecule has 0 unspecified atom stereocenters. The Morgan fingerprint density at radius 3 is 2.41 bits per heavy atom. The fourth-order valence-corrected chi connectivity index (χ4v) is 3.71. The minimum atomic E-state index is -1.70. The van der Waals surface area contributed by atoms with Crippen LogP contribution in [0.4, 0.5) is 24.8 Å². The average molecular weight is 564 g/mol. The van der Waals surface area contributed by atoms with Gasteiger partial charge in [-0.2, -0.15) is 4.98 Å². The van der Waals surface area contributed by atoms with Gasteiger partial charge < -0.3 is 20.1 Å². The zero-order chi connectivity index (χ0) is 28.3. The van der Waals surface area contributed by atoms with E-state index in [0.29, 0.717) is 16.7 Å². The summed E-state index contributed by atoms with van der Waals surface area (Å²) in [4.78, 5) is 55.3. The molecule has 11 nitrogen and oxygen atoms in total. The maximum Gasteiger partial charge on any atom is 0.355 e. The van der Waals surface area contributed by atoms with Gasteiger partial charge in [-0.05, 0) is 35.9 Å². The predicted octanol–water partition coefficient (Wildman–Crippen LogP) is 2.47. The number of pyridine rings is 1. The number of hydrogen-bond acceptors (Lipinski definition) is 7. The van der Waals surface area contributed by atoms with Crippen molar-refractivity contribution in [1.82, 2.24) is 19.1 Å².